The van der Waals surface area contributed by atoms with E-state index >= 15 is 0 Å². The molecule has 0 spiro atoms. The summed E-state index contributed by atoms with van der Waals surface area (Å²) in [6.45, 7) is 9.19. The summed E-state index contributed by atoms with van der Waals surface area (Å²) >= 11 is 0. The molecule has 0 fully saturated rings. The fraction of sp³-hybridized carbons (Fsp3) is 0.500. The Labute approximate surface area is 149 Å². The molecule has 2 unspecified atom stereocenters. The van der Waals surface area contributed by atoms with Crippen LogP contribution in [0.15, 0.2) is 48.5 Å². The van der Waals surface area contributed by atoms with Gasteiger partial charge in [0.15, 0.2) is 0 Å². The van der Waals surface area contributed by atoms with Crippen LogP contribution in [0.25, 0.3) is 11.1 Å². The zero-order valence-corrected chi connectivity index (χ0v) is 16.0. The van der Waals surface area contributed by atoms with Crippen molar-refractivity contribution in [2.45, 2.75) is 78.1 Å². The molecule has 130 valence electrons. The van der Waals surface area contributed by atoms with Gasteiger partial charge >= 0.3 is 0 Å². The molecule has 2 aromatic rings. The van der Waals surface area contributed by atoms with Crippen molar-refractivity contribution in [3.63, 3.8) is 0 Å². The summed E-state index contributed by atoms with van der Waals surface area (Å²) in [4.78, 5) is 0. The third kappa shape index (κ3) is 4.72. The maximum atomic E-state index is 2.42. The van der Waals surface area contributed by atoms with E-state index < -0.39 is 0 Å². The van der Waals surface area contributed by atoms with Crippen molar-refractivity contribution in [1.29, 1.82) is 0 Å². The molecule has 0 N–H and O–H groups in total. The highest BCUT2D eigenvalue weighted by Crippen LogP contribution is 2.31. The minimum atomic E-state index is 0.696. The maximum Gasteiger partial charge on any atom is -0.0164 e. The van der Waals surface area contributed by atoms with E-state index in [1.807, 2.05) is 0 Å². The van der Waals surface area contributed by atoms with Gasteiger partial charge in [-0.3, -0.25) is 0 Å². The first kappa shape index (κ1) is 18.8. The van der Waals surface area contributed by atoms with Gasteiger partial charge in [0.05, 0.1) is 0 Å². The Morgan fingerprint density at radius 2 is 1.04 bits per heavy atom. The molecule has 0 heterocycles. The maximum absolute atomic E-state index is 2.42. The monoisotopic (exact) mass is 322 g/mol. The molecule has 0 radical (unpaired) electrons. The Balaban J connectivity index is 2.31. The van der Waals surface area contributed by atoms with Crippen LogP contribution in [-0.4, -0.2) is 0 Å². The number of benzene rings is 2. The van der Waals surface area contributed by atoms with Crippen LogP contribution < -0.4 is 0 Å². The molecule has 2 aromatic carbocycles. The Bertz CT molecular complexity index is 555. The molecular formula is C24H34. The number of hydrogen-bond acceptors (Lipinski definition) is 0. The molecule has 0 saturated carbocycles. The normalized spacial score (nSPS) is 13.7. The molecule has 2 rings (SSSR count). The summed E-state index contributed by atoms with van der Waals surface area (Å²) in [5, 5.41) is 0. The van der Waals surface area contributed by atoms with Crippen LogP contribution in [0.4, 0.5) is 0 Å². The average molecular weight is 323 g/mol. The van der Waals surface area contributed by atoms with Crippen molar-refractivity contribution in [3.8, 4) is 11.1 Å². The van der Waals surface area contributed by atoms with Crippen LogP contribution in [0.2, 0.25) is 0 Å². The van der Waals surface area contributed by atoms with Crippen molar-refractivity contribution in [2.24, 2.45) is 0 Å². The van der Waals surface area contributed by atoms with E-state index in [0.29, 0.717) is 11.8 Å². The highest BCUT2D eigenvalue weighted by molar-refractivity contribution is 5.65. The molecule has 0 aliphatic heterocycles. The molecule has 0 bridgehead atoms. The van der Waals surface area contributed by atoms with Gasteiger partial charge in [-0.1, -0.05) is 89.1 Å². The lowest BCUT2D eigenvalue weighted by molar-refractivity contribution is 0.595. The fourth-order valence-electron chi connectivity index (χ4n) is 3.85. The molecule has 24 heavy (non-hydrogen) atoms. The zero-order chi connectivity index (χ0) is 17.4. The summed E-state index contributed by atoms with van der Waals surface area (Å²) in [7, 11) is 0. The predicted octanol–water partition coefficient (Wildman–Crippen LogP) is 7.94. The Hall–Kier alpha value is -1.56. The molecule has 0 amide bonds. The zero-order valence-electron chi connectivity index (χ0n) is 16.0. The van der Waals surface area contributed by atoms with Crippen LogP contribution in [0, 0.1) is 0 Å². The minimum Gasteiger partial charge on any atom is -0.0654 e. The van der Waals surface area contributed by atoms with E-state index in [2.05, 4.69) is 76.2 Å². The minimum absolute atomic E-state index is 0.696. The third-order valence-electron chi connectivity index (χ3n) is 5.31. The smallest absolute Gasteiger partial charge is 0.0164 e. The van der Waals surface area contributed by atoms with E-state index in [9.17, 15) is 0 Å². The number of hydrogen-bond donors (Lipinski definition) is 0. The Kier molecular flexibility index (Phi) is 7.56. The molecule has 0 aliphatic rings. The van der Waals surface area contributed by atoms with Gasteiger partial charge in [-0.15, -0.1) is 0 Å². The second-order valence-corrected chi connectivity index (χ2v) is 7.04. The van der Waals surface area contributed by atoms with Crippen molar-refractivity contribution in [2.75, 3.05) is 0 Å². The summed E-state index contributed by atoms with van der Waals surface area (Å²) < 4.78 is 0. The van der Waals surface area contributed by atoms with E-state index in [1.165, 1.54) is 60.8 Å². The lowest BCUT2D eigenvalue weighted by atomic mass is 9.88. The van der Waals surface area contributed by atoms with Gasteiger partial charge in [-0.25, -0.2) is 0 Å². The van der Waals surface area contributed by atoms with Crippen LogP contribution in [-0.2, 0) is 0 Å². The molecule has 0 aromatic heterocycles. The van der Waals surface area contributed by atoms with Crippen LogP contribution in [0.3, 0.4) is 0 Å². The summed E-state index contributed by atoms with van der Waals surface area (Å²) in [5.41, 5.74) is 5.75. The first-order valence-electron chi connectivity index (χ1n) is 9.93. The van der Waals surface area contributed by atoms with Crippen molar-refractivity contribution < 1.29 is 0 Å². The van der Waals surface area contributed by atoms with E-state index in [-0.39, 0.29) is 0 Å². The molecular weight excluding hydrogens is 288 g/mol. The van der Waals surface area contributed by atoms with Gasteiger partial charge in [0.1, 0.15) is 0 Å². The second kappa shape index (κ2) is 9.67. The quantitative estimate of drug-likeness (QED) is 0.439. The molecule has 0 heteroatoms. The van der Waals surface area contributed by atoms with E-state index in [0.717, 1.165) is 0 Å². The first-order chi connectivity index (χ1) is 11.7. The molecule has 0 aliphatic carbocycles. The van der Waals surface area contributed by atoms with Gasteiger partial charge in [0.2, 0.25) is 0 Å². The van der Waals surface area contributed by atoms with Gasteiger partial charge in [0, 0.05) is 0 Å². The topological polar surface area (TPSA) is 0 Å². The molecule has 0 saturated heterocycles. The predicted molar refractivity (Wildman–Crippen MR) is 108 cm³/mol. The summed E-state index contributed by atoms with van der Waals surface area (Å²) in [6.07, 6.45) is 7.54. The largest absolute Gasteiger partial charge is 0.0654 e. The summed E-state index contributed by atoms with van der Waals surface area (Å²) in [5.74, 6) is 1.39. The Morgan fingerprint density at radius 3 is 1.38 bits per heavy atom. The van der Waals surface area contributed by atoms with Crippen LogP contribution in [0.1, 0.15) is 89.2 Å². The third-order valence-corrected chi connectivity index (χ3v) is 5.31. The summed E-state index contributed by atoms with van der Waals surface area (Å²) in [6, 6.07) is 18.5. The average Bonchev–Trinajstić information content (AvgIpc) is 2.64. The SMILES string of the molecule is CCCC(CC)c1cccc(-c2cccc(C(CC)CCC)c2)c1. The second-order valence-electron chi connectivity index (χ2n) is 7.04. The standard InChI is InChI=1S/C24H34/c1-5-11-19(7-3)21-13-9-15-23(17-21)24-16-10-14-22(18-24)20(8-4)12-6-2/h9-10,13-20H,5-8,11-12H2,1-4H3. The lowest BCUT2D eigenvalue weighted by Gasteiger charge is -2.17. The van der Waals surface area contributed by atoms with Gasteiger partial charge in [-0.2, -0.15) is 0 Å². The fourth-order valence-corrected chi connectivity index (χ4v) is 3.85. The van der Waals surface area contributed by atoms with Crippen molar-refractivity contribution >= 4 is 0 Å². The molecule has 0 nitrogen and oxygen atoms in total. The molecule has 2 atom stereocenters. The van der Waals surface area contributed by atoms with Gasteiger partial charge in [0.25, 0.3) is 0 Å². The first-order valence-corrected chi connectivity index (χ1v) is 9.93. The van der Waals surface area contributed by atoms with Crippen molar-refractivity contribution in [1.82, 2.24) is 0 Å². The van der Waals surface area contributed by atoms with Crippen molar-refractivity contribution in [3.05, 3.63) is 59.7 Å². The van der Waals surface area contributed by atoms with Gasteiger partial charge in [-0.05, 0) is 59.8 Å². The highest BCUT2D eigenvalue weighted by Gasteiger charge is 2.11. The van der Waals surface area contributed by atoms with Crippen LogP contribution in [0.5, 0.6) is 0 Å². The Morgan fingerprint density at radius 1 is 0.625 bits per heavy atom. The highest BCUT2D eigenvalue weighted by atomic mass is 14.2. The number of rotatable bonds is 9. The van der Waals surface area contributed by atoms with Crippen LogP contribution >= 0.6 is 0 Å². The van der Waals surface area contributed by atoms with Gasteiger partial charge < -0.3 is 0 Å². The van der Waals surface area contributed by atoms with E-state index in [4.69, 9.17) is 0 Å². The lowest BCUT2D eigenvalue weighted by Crippen LogP contribution is -1.98. The van der Waals surface area contributed by atoms with E-state index in [1.54, 1.807) is 0 Å².